The van der Waals surface area contributed by atoms with Gasteiger partial charge in [-0.3, -0.25) is 9.59 Å². The number of nitrogens with one attached hydrogen (secondary N) is 1. The predicted molar refractivity (Wildman–Crippen MR) is 106 cm³/mol. The summed E-state index contributed by atoms with van der Waals surface area (Å²) in [7, 11) is 0. The van der Waals surface area contributed by atoms with E-state index in [9.17, 15) is 19.2 Å². The summed E-state index contributed by atoms with van der Waals surface area (Å²) in [5.41, 5.74) is 0.654. The second-order valence-corrected chi connectivity index (χ2v) is 7.80. The maximum atomic E-state index is 13.0. The Labute approximate surface area is 173 Å². The van der Waals surface area contributed by atoms with Gasteiger partial charge in [0.15, 0.2) is 6.04 Å². The summed E-state index contributed by atoms with van der Waals surface area (Å²) in [4.78, 5) is 55.4. The molecule has 3 rings (SSSR count). The number of alkyl carbamates (subject to hydrolysis) is 1. The number of imide groups is 1. The molecule has 0 radical (unpaired) electrons. The van der Waals surface area contributed by atoms with Crippen molar-refractivity contribution < 1.29 is 28.8 Å². The van der Waals surface area contributed by atoms with Crippen LogP contribution in [0.2, 0.25) is 0 Å². The summed E-state index contributed by atoms with van der Waals surface area (Å²) < 4.78 is 5.24. The van der Waals surface area contributed by atoms with Crippen LogP contribution >= 0.6 is 0 Å². The first kappa shape index (κ1) is 21.0. The first-order chi connectivity index (χ1) is 14.1. The van der Waals surface area contributed by atoms with Crippen molar-refractivity contribution in [1.82, 2.24) is 10.4 Å². The molecule has 0 fully saturated rings. The maximum Gasteiger partial charge on any atom is 0.408 e. The van der Waals surface area contributed by atoms with Gasteiger partial charge in [0, 0.05) is 0 Å². The molecular weight excluding hydrogens is 388 g/mol. The van der Waals surface area contributed by atoms with Crippen molar-refractivity contribution in [2.75, 3.05) is 0 Å². The topological polar surface area (TPSA) is 102 Å². The lowest BCUT2D eigenvalue weighted by Gasteiger charge is -2.24. The molecule has 0 aliphatic carbocycles. The minimum Gasteiger partial charge on any atom is -0.444 e. The van der Waals surface area contributed by atoms with Crippen molar-refractivity contribution in [3.63, 3.8) is 0 Å². The number of rotatable bonds is 4. The van der Waals surface area contributed by atoms with Gasteiger partial charge in [0.05, 0.1) is 11.1 Å². The van der Waals surface area contributed by atoms with Crippen LogP contribution in [0.3, 0.4) is 0 Å². The van der Waals surface area contributed by atoms with Crippen LogP contribution in [0.25, 0.3) is 0 Å². The van der Waals surface area contributed by atoms with Gasteiger partial charge in [-0.15, -0.1) is 0 Å². The Morgan fingerprint density at radius 3 is 2.00 bits per heavy atom. The summed E-state index contributed by atoms with van der Waals surface area (Å²) in [5, 5.41) is 2.88. The monoisotopic (exact) mass is 410 g/mol. The SMILES string of the molecule is Cc1ccccc1C(NC(=O)OC(C)(C)C)C(=O)ON1C(=O)c2ccccc2C1=O. The minimum absolute atomic E-state index is 0.142. The predicted octanol–water partition coefficient (Wildman–Crippen LogP) is 3.32. The Morgan fingerprint density at radius 2 is 1.47 bits per heavy atom. The van der Waals surface area contributed by atoms with E-state index in [-0.39, 0.29) is 11.1 Å². The average Bonchev–Trinajstić information content (AvgIpc) is 2.90. The number of carbonyl (C=O) groups is 4. The van der Waals surface area contributed by atoms with Gasteiger partial charge in [0.2, 0.25) is 0 Å². The second-order valence-electron chi connectivity index (χ2n) is 7.80. The van der Waals surface area contributed by atoms with E-state index in [4.69, 9.17) is 9.57 Å². The molecule has 8 nitrogen and oxygen atoms in total. The van der Waals surface area contributed by atoms with Crippen molar-refractivity contribution in [3.05, 3.63) is 70.8 Å². The van der Waals surface area contributed by atoms with Gasteiger partial charge in [0.1, 0.15) is 5.60 Å². The van der Waals surface area contributed by atoms with Gasteiger partial charge in [-0.25, -0.2) is 9.59 Å². The van der Waals surface area contributed by atoms with Crippen LogP contribution in [0, 0.1) is 6.92 Å². The van der Waals surface area contributed by atoms with Crippen molar-refractivity contribution in [3.8, 4) is 0 Å². The summed E-state index contributed by atoms with van der Waals surface area (Å²) in [6.45, 7) is 6.82. The van der Waals surface area contributed by atoms with Crippen LogP contribution in [0.4, 0.5) is 4.79 Å². The number of aryl methyl sites for hydroxylation is 1. The Balaban J connectivity index is 1.86. The summed E-state index contributed by atoms with van der Waals surface area (Å²) in [5.74, 6) is -2.49. The molecule has 1 heterocycles. The quantitative estimate of drug-likeness (QED) is 0.776. The number of benzene rings is 2. The van der Waals surface area contributed by atoms with Crippen LogP contribution in [-0.2, 0) is 14.4 Å². The molecule has 0 spiro atoms. The normalized spacial score (nSPS) is 14.2. The molecule has 0 saturated heterocycles. The number of nitrogens with zero attached hydrogens (tertiary/aromatic N) is 1. The van der Waals surface area contributed by atoms with E-state index < -0.39 is 35.5 Å². The molecular formula is C22H22N2O6. The van der Waals surface area contributed by atoms with Crippen LogP contribution < -0.4 is 5.32 Å². The third-order valence-electron chi connectivity index (χ3n) is 4.33. The Bertz CT molecular complexity index is 989. The fourth-order valence-corrected chi connectivity index (χ4v) is 2.99. The molecule has 1 N–H and O–H groups in total. The van der Waals surface area contributed by atoms with E-state index in [0.717, 1.165) is 0 Å². The zero-order chi connectivity index (χ0) is 22.1. The molecule has 0 bridgehead atoms. The molecule has 2 aromatic carbocycles. The van der Waals surface area contributed by atoms with E-state index in [0.29, 0.717) is 16.2 Å². The number of hydrogen-bond acceptors (Lipinski definition) is 6. The number of fused-ring (bicyclic) bond motifs is 1. The lowest BCUT2D eigenvalue weighted by Crippen LogP contribution is -2.42. The molecule has 156 valence electrons. The van der Waals surface area contributed by atoms with Gasteiger partial charge >= 0.3 is 12.1 Å². The van der Waals surface area contributed by atoms with Crippen LogP contribution in [0.15, 0.2) is 48.5 Å². The third kappa shape index (κ3) is 4.32. The highest BCUT2D eigenvalue weighted by Gasteiger charge is 2.40. The van der Waals surface area contributed by atoms with E-state index in [2.05, 4.69) is 5.32 Å². The summed E-state index contributed by atoms with van der Waals surface area (Å²) in [6.07, 6.45) is -0.838. The molecule has 2 aromatic rings. The minimum atomic E-state index is -1.29. The van der Waals surface area contributed by atoms with E-state index >= 15 is 0 Å². The number of carbonyl (C=O) groups excluding carboxylic acids is 4. The molecule has 1 atom stereocenters. The van der Waals surface area contributed by atoms with Crippen molar-refractivity contribution in [2.24, 2.45) is 0 Å². The molecule has 3 amide bonds. The first-order valence-electron chi connectivity index (χ1n) is 9.33. The third-order valence-corrected chi connectivity index (χ3v) is 4.33. The van der Waals surface area contributed by atoms with Crippen LogP contribution in [0.1, 0.15) is 58.7 Å². The van der Waals surface area contributed by atoms with Gasteiger partial charge in [-0.2, -0.15) is 0 Å². The second kappa shape index (κ2) is 7.98. The zero-order valence-corrected chi connectivity index (χ0v) is 17.1. The van der Waals surface area contributed by atoms with Crippen LogP contribution in [-0.4, -0.2) is 34.5 Å². The number of amides is 3. The fourth-order valence-electron chi connectivity index (χ4n) is 2.99. The maximum absolute atomic E-state index is 13.0. The highest BCUT2D eigenvalue weighted by atomic mass is 16.7. The summed E-state index contributed by atoms with van der Waals surface area (Å²) >= 11 is 0. The zero-order valence-electron chi connectivity index (χ0n) is 17.1. The lowest BCUT2D eigenvalue weighted by molar-refractivity contribution is -0.171. The number of hydrogen-bond donors (Lipinski definition) is 1. The first-order valence-corrected chi connectivity index (χ1v) is 9.33. The molecule has 0 saturated carbocycles. The fraction of sp³-hybridized carbons (Fsp3) is 0.273. The average molecular weight is 410 g/mol. The molecule has 1 aliphatic rings. The van der Waals surface area contributed by atoms with Gasteiger partial charge in [-0.1, -0.05) is 41.5 Å². The summed E-state index contributed by atoms with van der Waals surface area (Å²) in [6, 6.07) is 11.7. The van der Waals surface area contributed by atoms with E-state index in [1.165, 1.54) is 12.1 Å². The Kier molecular flexibility index (Phi) is 5.60. The highest BCUT2D eigenvalue weighted by molar-refractivity contribution is 6.20. The van der Waals surface area contributed by atoms with Crippen molar-refractivity contribution >= 4 is 23.9 Å². The number of hydroxylamine groups is 2. The molecule has 1 aliphatic heterocycles. The Hall–Kier alpha value is -3.68. The highest BCUT2D eigenvalue weighted by Crippen LogP contribution is 2.25. The molecule has 1 unspecified atom stereocenters. The largest absolute Gasteiger partial charge is 0.444 e. The van der Waals surface area contributed by atoms with Gasteiger partial charge in [-0.05, 0) is 51.0 Å². The number of ether oxygens (including phenoxy) is 1. The van der Waals surface area contributed by atoms with Gasteiger partial charge < -0.3 is 14.9 Å². The van der Waals surface area contributed by atoms with Crippen molar-refractivity contribution in [2.45, 2.75) is 39.3 Å². The molecule has 8 heteroatoms. The Morgan fingerprint density at radius 1 is 0.933 bits per heavy atom. The lowest BCUT2D eigenvalue weighted by atomic mass is 10.0. The van der Waals surface area contributed by atoms with E-state index in [1.54, 1.807) is 64.1 Å². The standard InChI is InChI=1S/C22H22N2O6/c1-13-9-5-6-10-14(13)17(23-21(28)29-22(2,3)4)20(27)30-24-18(25)15-11-7-8-12-16(15)19(24)26/h5-12,17H,1-4H3,(H,23,28). The van der Waals surface area contributed by atoms with Crippen molar-refractivity contribution in [1.29, 1.82) is 0 Å². The smallest absolute Gasteiger partial charge is 0.408 e. The van der Waals surface area contributed by atoms with E-state index in [1.807, 2.05) is 0 Å². The van der Waals surface area contributed by atoms with Gasteiger partial charge in [0.25, 0.3) is 11.8 Å². The molecule has 30 heavy (non-hydrogen) atoms. The molecule has 0 aromatic heterocycles. The van der Waals surface area contributed by atoms with Crippen LogP contribution in [0.5, 0.6) is 0 Å².